The lowest BCUT2D eigenvalue weighted by atomic mass is 9.94. The van der Waals surface area contributed by atoms with E-state index in [9.17, 15) is 9.59 Å². The number of carbonyl (C=O) groups excluding carboxylic acids is 2. The van der Waals surface area contributed by atoms with Crippen LogP contribution in [0.2, 0.25) is 0 Å². The van der Waals surface area contributed by atoms with E-state index in [1.165, 1.54) is 13.8 Å². The zero-order valence-electron chi connectivity index (χ0n) is 14.6. The molecule has 2 rings (SSSR count). The molecule has 25 heavy (non-hydrogen) atoms. The van der Waals surface area contributed by atoms with Gasteiger partial charge in [0.25, 0.3) is 0 Å². The Bertz CT molecular complexity index is 668. The standard InChI is InChI=1S/C19H20O6/c1-19(2,17(20)24-15-9-5-13(22-3)6-10-15)18(21)25-16-11-7-14(23-4)8-12-16/h5-12H,1-4H3. The zero-order chi connectivity index (χ0) is 18.4. The Balaban J connectivity index is 2.03. The summed E-state index contributed by atoms with van der Waals surface area (Å²) in [6, 6.07) is 13.0. The van der Waals surface area contributed by atoms with Gasteiger partial charge in [0.1, 0.15) is 23.0 Å². The number of rotatable bonds is 6. The molecule has 0 aliphatic heterocycles. The first kappa shape index (κ1) is 18.3. The van der Waals surface area contributed by atoms with Gasteiger partial charge in [-0.05, 0) is 62.4 Å². The fourth-order valence-corrected chi connectivity index (χ4v) is 1.84. The first-order chi connectivity index (χ1) is 11.9. The Morgan fingerprint density at radius 2 is 0.920 bits per heavy atom. The number of esters is 2. The van der Waals surface area contributed by atoms with Crippen molar-refractivity contribution in [2.75, 3.05) is 14.2 Å². The maximum absolute atomic E-state index is 12.3. The number of hydrogen-bond donors (Lipinski definition) is 0. The van der Waals surface area contributed by atoms with Gasteiger partial charge in [0.15, 0.2) is 5.41 Å². The van der Waals surface area contributed by atoms with Crippen LogP contribution >= 0.6 is 0 Å². The van der Waals surface area contributed by atoms with E-state index in [0.29, 0.717) is 23.0 Å². The van der Waals surface area contributed by atoms with Crippen molar-refractivity contribution in [3.05, 3.63) is 48.5 Å². The summed E-state index contributed by atoms with van der Waals surface area (Å²) in [7, 11) is 3.08. The first-order valence-corrected chi connectivity index (χ1v) is 7.59. The molecule has 6 heteroatoms. The molecule has 0 aliphatic carbocycles. The minimum absolute atomic E-state index is 0.316. The van der Waals surface area contributed by atoms with Gasteiger partial charge >= 0.3 is 11.9 Å². The van der Waals surface area contributed by atoms with Crippen LogP contribution in [-0.4, -0.2) is 26.2 Å². The molecular weight excluding hydrogens is 324 g/mol. The van der Waals surface area contributed by atoms with Crippen LogP contribution in [0.5, 0.6) is 23.0 Å². The lowest BCUT2D eigenvalue weighted by Crippen LogP contribution is -2.39. The summed E-state index contributed by atoms with van der Waals surface area (Å²) in [4.78, 5) is 24.7. The molecule has 0 aromatic heterocycles. The van der Waals surface area contributed by atoms with Crippen molar-refractivity contribution in [1.29, 1.82) is 0 Å². The summed E-state index contributed by atoms with van der Waals surface area (Å²) in [5.74, 6) is 0.482. The normalized spacial score (nSPS) is 10.7. The number of benzene rings is 2. The van der Waals surface area contributed by atoms with Gasteiger partial charge in [-0.2, -0.15) is 0 Å². The summed E-state index contributed by atoms with van der Waals surface area (Å²) >= 11 is 0. The zero-order valence-corrected chi connectivity index (χ0v) is 14.6. The second-order valence-electron chi connectivity index (χ2n) is 5.76. The molecule has 0 saturated carbocycles. The van der Waals surface area contributed by atoms with Crippen molar-refractivity contribution >= 4 is 11.9 Å². The third kappa shape index (κ3) is 4.50. The van der Waals surface area contributed by atoms with E-state index >= 15 is 0 Å². The molecule has 2 aromatic rings. The van der Waals surface area contributed by atoms with Gasteiger partial charge in [-0.25, -0.2) is 0 Å². The van der Waals surface area contributed by atoms with Crippen molar-refractivity contribution in [2.24, 2.45) is 5.41 Å². The number of ether oxygens (including phenoxy) is 4. The monoisotopic (exact) mass is 344 g/mol. The second-order valence-corrected chi connectivity index (χ2v) is 5.76. The highest BCUT2D eigenvalue weighted by Gasteiger charge is 2.40. The van der Waals surface area contributed by atoms with E-state index in [4.69, 9.17) is 18.9 Å². The predicted molar refractivity (Wildman–Crippen MR) is 91.0 cm³/mol. The summed E-state index contributed by atoms with van der Waals surface area (Å²) in [5, 5.41) is 0. The maximum Gasteiger partial charge on any atom is 0.328 e. The average molecular weight is 344 g/mol. The number of hydrogen-bond acceptors (Lipinski definition) is 6. The van der Waals surface area contributed by atoms with Crippen molar-refractivity contribution in [3.63, 3.8) is 0 Å². The van der Waals surface area contributed by atoms with Crippen molar-refractivity contribution in [1.82, 2.24) is 0 Å². The van der Waals surface area contributed by atoms with E-state index in [-0.39, 0.29) is 0 Å². The smallest absolute Gasteiger partial charge is 0.328 e. The molecule has 0 amide bonds. The summed E-state index contributed by atoms with van der Waals surface area (Å²) < 4.78 is 20.6. The first-order valence-electron chi connectivity index (χ1n) is 7.59. The minimum atomic E-state index is -1.47. The minimum Gasteiger partial charge on any atom is -0.497 e. The van der Waals surface area contributed by atoms with E-state index in [1.54, 1.807) is 62.8 Å². The summed E-state index contributed by atoms with van der Waals surface area (Å²) in [6.45, 7) is 2.90. The molecule has 0 bridgehead atoms. The third-order valence-corrected chi connectivity index (χ3v) is 3.56. The quantitative estimate of drug-likeness (QED) is 0.455. The van der Waals surface area contributed by atoms with Crippen LogP contribution in [0, 0.1) is 5.41 Å². The van der Waals surface area contributed by atoms with Gasteiger partial charge in [0, 0.05) is 0 Å². The molecule has 0 N–H and O–H groups in total. The topological polar surface area (TPSA) is 71.1 Å². The highest BCUT2D eigenvalue weighted by Crippen LogP contribution is 2.25. The van der Waals surface area contributed by atoms with Crippen LogP contribution in [0.1, 0.15) is 13.8 Å². The Labute approximate surface area is 146 Å². The molecule has 0 aliphatic rings. The van der Waals surface area contributed by atoms with Gasteiger partial charge in [0.05, 0.1) is 14.2 Å². The number of methoxy groups -OCH3 is 2. The fourth-order valence-electron chi connectivity index (χ4n) is 1.84. The van der Waals surface area contributed by atoms with E-state index < -0.39 is 17.4 Å². The second kappa shape index (κ2) is 7.70. The van der Waals surface area contributed by atoms with Gasteiger partial charge < -0.3 is 18.9 Å². The van der Waals surface area contributed by atoms with E-state index in [2.05, 4.69) is 0 Å². The molecular formula is C19H20O6. The Morgan fingerprint density at radius 1 is 0.640 bits per heavy atom. The van der Waals surface area contributed by atoms with Crippen LogP contribution in [0.15, 0.2) is 48.5 Å². The Kier molecular flexibility index (Phi) is 5.64. The number of carbonyl (C=O) groups is 2. The van der Waals surface area contributed by atoms with Crippen LogP contribution in [0.25, 0.3) is 0 Å². The van der Waals surface area contributed by atoms with E-state index in [0.717, 1.165) is 0 Å². The SMILES string of the molecule is COc1ccc(OC(=O)C(C)(C)C(=O)Oc2ccc(OC)cc2)cc1. The van der Waals surface area contributed by atoms with Crippen molar-refractivity contribution in [2.45, 2.75) is 13.8 Å². The average Bonchev–Trinajstić information content (AvgIpc) is 2.62. The lowest BCUT2D eigenvalue weighted by molar-refractivity contribution is -0.158. The molecule has 0 spiro atoms. The van der Waals surface area contributed by atoms with Crippen LogP contribution < -0.4 is 18.9 Å². The summed E-state index contributed by atoms with van der Waals surface area (Å²) in [6.07, 6.45) is 0. The highest BCUT2D eigenvalue weighted by molar-refractivity contribution is 6.00. The van der Waals surface area contributed by atoms with Crippen molar-refractivity contribution in [3.8, 4) is 23.0 Å². The molecule has 0 heterocycles. The summed E-state index contributed by atoms with van der Waals surface area (Å²) in [5.41, 5.74) is -1.47. The molecule has 6 nitrogen and oxygen atoms in total. The van der Waals surface area contributed by atoms with Crippen LogP contribution in [0.3, 0.4) is 0 Å². The van der Waals surface area contributed by atoms with Crippen molar-refractivity contribution < 1.29 is 28.5 Å². The highest BCUT2D eigenvalue weighted by atomic mass is 16.6. The predicted octanol–water partition coefficient (Wildman–Crippen LogP) is 3.24. The van der Waals surface area contributed by atoms with Gasteiger partial charge in [-0.15, -0.1) is 0 Å². The van der Waals surface area contributed by atoms with Crippen LogP contribution in [0.4, 0.5) is 0 Å². The fraction of sp³-hybridized carbons (Fsp3) is 0.263. The molecule has 0 unspecified atom stereocenters. The van der Waals surface area contributed by atoms with Crippen LogP contribution in [-0.2, 0) is 9.59 Å². The Hall–Kier alpha value is -3.02. The molecule has 0 radical (unpaired) electrons. The molecule has 0 saturated heterocycles. The van der Waals surface area contributed by atoms with Gasteiger partial charge in [-0.3, -0.25) is 9.59 Å². The van der Waals surface area contributed by atoms with Gasteiger partial charge in [-0.1, -0.05) is 0 Å². The molecule has 132 valence electrons. The third-order valence-electron chi connectivity index (χ3n) is 3.56. The largest absolute Gasteiger partial charge is 0.497 e. The molecule has 2 aromatic carbocycles. The van der Waals surface area contributed by atoms with Gasteiger partial charge in [0.2, 0.25) is 0 Å². The molecule has 0 fully saturated rings. The maximum atomic E-state index is 12.3. The molecule has 0 atom stereocenters. The lowest BCUT2D eigenvalue weighted by Gasteiger charge is -2.20. The van der Waals surface area contributed by atoms with E-state index in [1.807, 2.05) is 0 Å². The Morgan fingerprint density at radius 3 is 1.20 bits per heavy atom.